The summed E-state index contributed by atoms with van der Waals surface area (Å²) < 4.78 is 52.1. The van der Waals surface area contributed by atoms with Gasteiger partial charge in [-0.05, 0) is 43.9 Å². The van der Waals surface area contributed by atoms with Crippen molar-refractivity contribution in [1.82, 2.24) is 4.90 Å². The lowest BCUT2D eigenvalue weighted by molar-refractivity contribution is -0.137. The van der Waals surface area contributed by atoms with Crippen molar-refractivity contribution in [3.05, 3.63) is 64.5 Å². The molecule has 2 aromatic carbocycles. The van der Waals surface area contributed by atoms with Crippen LogP contribution >= 0.6 is 0 Å². The summed E-state index contributed by atoms with van der Waals surface area (Å²) in [4.78, 5) is 1.84. The summed E-state index contributed by atoms with van der Waals surface area (Å²) in [6.07, 6.45) is -4.50. The van der Waals surface area contributed by atoms with Crippen LogP contribution in [0.15, 0.2) is 36.4 Å². The van der Waals surface area contributed by atoms with Gasteiger partial charge in [-0.2, -0.15) is 18.4 Å². The van der Waals surface area contributed by atoms with E-state index in [1.165, 1.54) is 12.1 Å². The molecule has 2 rings (SSSR count). The zero-order chi connectivity index (χ0) is 18.6. The molecule has 0 bridgehead atoms. The van der Waals surface area contributed by atoms with Crippen LogP contribution in [0.25, 0.3) is 0 Å². The first kappa shape index (κ1) is 18.7. The second-order valence-corrected chi connectivity index (χ2v) is 5.89. The number of hydrogen-bond donors (Lipinski definition) is 1. The van der Waals surface area contributed by atoms with Crippen LogP contribution in [0.1, 0.15) is 22.3 Å². The van der Waals surface area contributed by atoms with Crippen LogP contribution in [0, 0.1) is 17.1 Å². The first-order valence-electron chi connectivity index (χ1n) is 7.48. The molecule has 0 aliphatic carbocycles. The lowest BCUT2D eigenvalue weighted by Gasteiger charge is -2.13. The molecule has 1 N–H and O–H groups in total. The number of hydrogen-bond acceptors (Lipinski definition) is 3. The Morgan fingerprint density at radius 2 is 1.84 bits per heavy atom. The van der Waals surface area contributed by atoms with E-state index in [0.29, 0.717) is 17.7 Å². The van der Waals surface area contributed by atoms with E-state index < -0.39 is 11.7 Å². The van der Waals surface area contributed by atoms with E-state index >= 15 is 0 Å². The van der Waals surface area contributed by atoms with Gasteiger partial charge in [0.05, 0.1) is 16.8 Å². The van der Waals surface area contributed by atoms with Gasteiger partial charge in [-0.25, -0.2) is 4.39 Å². The molecule has 3 nitrogen and oxygen atoms in total. The smallest absolute Gasteiger partial charge is 0.380 e. The minimum absolute atomic E-state index is 0.112. The zero-order valence-electron chi connectivity index (χ0n) is 13.8. The van der Waals surface area contributed by atoms with Crippen LogP contribution < -0.4 is 5.32 Å². The number of nitrogens with one attached hydrogen (secondary N) is 1. The summed E-state index contributed by atoms with van der Waals surface area (Å²) in [5.74, 6) is -0.346. The van der Waals surface area contributed by atoms with Gasteiger partial charge < -0.3 is 10.2 Å². The van der Waals surface area contributed by atoms with E-state index in [1.54, 1.807) is 18.2 Å². The van der Waals surface area contributed by atoms with Crippen molar-refractivity contribution < 1.29 is 17.6 Å². The Morgan fingerprint density at radius 3 is 2.40 bits per heavy atom. The Hall–Kier alpha value is -2.59. The highest BCUT2D eigenvalue weighted by atomic mass is 19.4. The zero-order valence-corrected chi connectivity index (χ0v) is 13.8. The molecule has 0 aromatic heterocycles. The number of nitrogens with zero attached hydrogens (tertiary/aromatic N) is 2. The average molecular weight is 351 g/mol. The highest BCUT2D eigenvalue weighted by Crippen LogP contribution is 2.31. The van der Waals surface area contributed by atoms with Crippen molar-refractivity contribution in [2.75, 3.05) is 19.4 Å². The largest absolute Gasteiger partial charge is 0.416 e. The van der Waals surface area contributed by atoms with Crippen LogP contribution in [0.2, 0.25) is 0 Å². The molecule has 25 heavy (non-hydrogen) atoms. The topological polar surface area (TPSA) is 39.1 Å². The standard InChI is InChI=1S/C18H17F4N3/c1-25(2)11-13-4-3-12(7-16(13)19)10-24-17-6-5-15(18(20,21)22)8-14(17)9-23/h3-8,24H,10-11H2,1-2H3. The maximum Gasteiger partial charge on any atom is 0.416 e. The first-order chi connectivity index (χ1) is 11.7. The number of alkyl halides is 3. The monoisotopic (exact) mass is 351 g/mol. The summed E-state index contributed by atoms with van der Waals surface area (Å²) in [7, 11) is 3.67. The van der Waals surface area contributed by atoms with Gasteiger partial charge in [0.15, 0.2) is 0 Å². The van der Waals surface area contributed by atoms with Gasteiger partial charge in [0.2, 0.25) is 0 Å². The van der Waals surface area contributed by atoms with Crippen LogP contribution in [0.5, 0.6) is 0 Å². The minimum Gasteiger partial charge on any atom is -0.380 e. The van der Waals surface area contributed by atoms with E-state index in [-0.39, 0.29) is 23.6 Å². The van der Waals surface area contributed by atoms with Crippen LogP contribution in [0.3, 0.4) is 0 Å². The fraction of sp³-hybridized carbons (Fsp3) is 0.278. The molecule has 0 atom stereocenters. The van der Waals surface area contributed by atoms with E-state index in [2.05, 4.69) is 5.32 Å². The van der Waals surface area contributed by atoms with Crippen molar-refractivity contribution in [2.45, 2.75) is 19.3 Å². The lowest BCUT2D eigenvalue weighted by Crippen LogP contribution is -2.12. The van der Waals surface area contributed by atoms with E-state index in [1.807, 2.05) is 19.0 Å². The molecule has 0 unspecified atom stereocenters. The van der Waals surface area contributed by atoms with Gasteiger partial charge in [0.1, 0.15) is 11.9 Å². The summed E-state index contributed by atoms with van der Waals surface area (Å²) in [5.41, 5.74) is 0.464. The number of nitriles is 1. The fourth-order valence-corrected chi connectivity index (χ4v) is 2.33. The average Bonchev–Trinajstić information content (AvgIpc) is 2.53. The summed E-state index contributed by atoms with van der Waals surface area (Å²) in [6.45, 7) is 0.663. The number of benzene rings is 2. The molecule has 7 heteroatoms. The molecule has 0 saturated heterocycles. The SMILES string of the molecule is CN(C)Cc1ccc(CNc2ccc(C(F)(F)F)cc2C#N)cc1F. The van der Waals surface area contributed by atoms with Crippen molar-refractivity contribution in [1.29, 1.82) is 5.26 Å². The molecule has 0 aliphatic rings. The highest BCUT2D eigenvalue weighted by molar-refractivity contribution is 5.59. The van der Waals surface area contributed by atoms with Crippen molar-refractivity contribution >= 4 is 5.69 Å². The maximum atomic E-state index is 14.0. The molecule has 0 fully saturated rings. The predicted molar refractivity (Wildman–Crippen MR) is 87.3 cm³/mol. The van der Waals surface area contributed by atoms with E-state index in [9.17, 15) is 17.6 Å². The predicted octanol–water partition coefficient (Wildman–Crippen LogP) is 4.39. The number of rotatable bonds is 5. The van der Waals surface area contributed by atoms with Gasteiger partial charge in [0.25, 0.3) is 0 Å². The van der Waals surface area contributed by atoms with Crippen molar-refractivity contribution in [2.24, 2.45) is 0 Å². The maximum absolute atomic E-state index is 14.0. The second-order valence-electron chi connectivity index (χ2n) is 5.89. The van der Waals surface area contributed by atoms with Gasteiger partial charge in [0, 0.05) is 18.7 Å². The Morgan fingerprint density at radius 1 is 1.12 bits per heavy atom. The molecular weight excluding hydrogens is 334 g/mol. The number of anilines is 1. The third-order valence-corrected chi connectivity index (χ3v) is 3.55. The minimum atomic E-state index is -4.50. The van der Waals surface area contributed by atoms with Crippen molar-refractivity contribution in [3.63, 3.8) is 0 Å². The van der Waals surface area contributed by atoms with Crippen LogP contribution in [0.4, 0.5) is 23.2 Å². The quantitative estimate of drug-likeness (QED) is 0.812. The third-order valence-electron chi connectivity index (χ3n) is 3.55. The molecule has 0 aliphatic heterocycles. The second kappa shape index (κ2) is 7.53. The molecule has 2 aromatic rings. The number of halogens is 4. The molecule has 0 amide bonds. The lowest BCUT2D eigenvalue weighted by atomic mass is 10.1. The van der Waals surface area contributed by atoms with E-state index in [0.717, 1.165) is 12.1 Å². The third kappa shape index (κ3) is 4.94. The molecule has 0 heterocycles. The fourth-order valence-electron chi connectivity index (χ4n) is 2.33. The Bertz CT molecular complexity index is 792. The molecular formula is C18H17F4N3. The van der Waals surface area contributed by atoms with Gasteiger partial charge in [-0.15, -0.1) is 0 Å². The first-order valence-corrected chi connectivity index (χ1v) is 7.48. The highest BCUT2D eigenvalue weighted by Gasteiger charge is 2.31. The van der Waals surface area contributed by atoms with Gasteiger partial charge in [-0.1, -0.05) is 12.1 Å². The Kier molecular flexibility index (Phi) is 5.65. The normalized spacial score (nSPS) is 11.4. The summed E-state index contributed by atoms with van der Waals surface area (Å²) in [6, 6.07) is 9.44. The Balaban J connectivity index is 2.14. The Labute approximate surface area is 143 Å². The van der Waals surface area contributed by atoms with Crippen LogP contribution in [-0.4, -0.2) is 19.0 Å². The van der Waals surface area contributed by atoms with Gasteiger partial charge in [-0.3, -0.25) is 0 Å². The van der Waals surface area contributed by atoms with Crippen molar-refractivity contribution in [3.8, 4) is 6.07 Å². The summed E-state index contributed by atoms with van der Waals surface area (Å²) in [5, 5.41) is 11.9. The summed E-state index contributed by atoms with van der Waals surface area (Å²) >= 11 is 0. The molecule has 0 spiro atoms. The molecule has 0 saturated carbocycles. The van der Waals surface area contributed by atoms with Crippen LogP contribution in [-0.2, 0) is 19.3 Å². The molecule has 132 valence electrons. The van der Waals surface area contributed by atoms with E-state index in [4.69, 9.17) is 5.26 Å². The van der Waals surface area contributed by atoms with Gasteiger partial charge >= 0.3 is 6.18 Å². The molecule has 0 radical (unpaired) electrons.